The van der Waals surface area contributed by atoms with Crippen molar-refractivity contribution < 1.29 is 19.1 Å². The number of rotatable bonds is 6. The highest BCUT2D eigenvalue weighted by molar-refractivity contribution is 8.00. The molecule has 1 heterocycles. The van der Waals surface area contributed by atoms with E-state index < -0.39 is 0 Å². The molecule has 0 aromatic heterocycles. The van der Waals surface area contributed by atoms with Gasteiger partial charge in [0.05, 0.1) is 32.2 Å². The van der Waals surface area contributed by atoms with E-state index in [-0.39, 0.29) is 29.6 Å². The number of methoxy groups -OCH3 is 2. The van der Waals surface area contributed by atoms with Crippen LogP contribution in [0.3, 0.4) is 0 Å². The predicted molar refractivity (Wildman–Crippen MR) is 83.7 cm³/mol. The van der Waals surface area contributed by atoms with Gasteiger partial charge in [0.15, 0.2) is 0 Å². The molecule has 2 rings (SSSR count). The van der Waals surface area contributed by atoms with Crippen LogP contribution in [0.4, 0.5) is 5.69 Å². The summed E-state index contributed by atoms with van der Waals surface area (Å²) in [5, 5.41) is 5.46. The third-order valence-corrected chi connectivity index (χ3v) is 3.83. The van der Waals surface area contributed by atoms with Crippen LogP contribution in [0.25, 0.3) is 0 Å². The second-order valence-electron chi connectivity index (χ2n) is 4.37. The van der Waals surface area contributed by atoms with Crippen molar-refractivity contribution in [2.75, 3.05) is 31.8 Å². The third-order valence-electron chi connectivity index (χ3n) is 2.84. The van der Waals surface area contributed by atoms with Crippen molar-refractivity contribution in [2.24, 2.45) is 0 Å². The van der Waals surface area contributed by atoms with Gasteiger partial charge in [-0.3, -0.25) is 9.59 Å². The number of ether oxygens (including phenoxy) is 2. The van der Waals surface area contributed by atoms with Crippen molar-refractivity contribution in [1.82, 2.24) is 16.2 Å². The van der Waals surface area contributed by atoms with Crippen LogP contribution < -0.4 is 31.0 Å². The molecule has 0 spiro atoms. The molecule has 22 heavy (non-hydrogen) atoms. The summed E-state index contributed by atoms with van der Waals surface area (Å²) in [7, 11) is 3.08. The quantitative estimate of drug-likeness (QED) is 0.578. The van der Waals surface area contributed by atoms with Crippen LogP contribution in [0, 0.1) is 0 Å². The third kappa shape index (κ3) is 4.52. The highest BCUT2D eigenvalue weighted by Gasteiger charge is 2.18. The minimum atomic E-state index is -0.348. The van der Waals surface area contributed by atoms with Gasteiger partial charge in [-0.05, 0) is 12.1 Å². The molecule has 1 aromatic rings. The van der Waals surface area contributed by atoms with E-state index in [0.717, 1.165) is 0 Å². The Morgan fingerprint density at radius 3 is 2.91 bits per heavy atom. The Bertz CT molecular complexity index is 555. The van der Waals surface area contributed by atoms with E-state index >= 15 is 0 Å². The number of nitrogens with one attached hydrogen (secondary N) is 4. The van der Waals surface area contributed by atoms with Crippen LogP contribution >= 0.6 is 11.8 Å². The number of anilines is 1. The summed E-state index contributed by atoms with van der Waals surface area (Å²) < 4.78 is 10.3. The summed E-state index contributed by atoms with van der Waals surface area (Å²) in [4.78, 5) is 23.2. The maximum Gasteiger partial charge on any atom is 0.237 e. The molecule has 1 aliphatic heterocycles. The lowest BCUT2D eigenvalue weighted by atomic mass is 10.2. The molecular formula is C13H18N4O4S. The number of carbonyl (C=O) groups is 2. The van der Waals surface area contributed by atoms with Gasteiger partial charge in [0.25, 0.3) is 0 Å². The molecule has 9 heteroatoms. The minimum absolute atomic E-state index is 0.119. The molecule has 120 valence electrons. The van der Waals surface area contributed by atoms with Crippen molar-refractivity contribution in [2.45, 2.75) is 5.50 Å². The molecule has 8 nitrogen and oxygen atoms in total. The Labute approximate surface area is 132 Å². The maximum atomic E-state index is 12.0. The Morgan fingerprint density at radius 2 is 2.23 bits per heavy atom. The van der Waals surface area contributed by atoms with E-state index in [1.54, 1.807) is 25.3 Å². The average molecular weight is 326 g/mol. The highest BCUT2D eigenvalue weighted by atomic mass is 32.2. The molecule has 1 saturated heterocycles. The van der Waals surface area contributed by atoms with Crippen LogP contribution in [0.2, 0.25) is 0 Å². The molecular weight excluding hydrogens is 308 g/mol. The van der Waals surface area contributed by atoms with Gasteiger partial charge >= 0.3 is 0 Å². The van der Waals surface area contributed by atoms with Crippen molar-refractivity contribution in [3.05, 3.63) is 18.2 Å². The number of hydrogen-bond acceptors (Lipinski definition) is 7. The van der Waals surface area contributed by atoms with Crippen molar-refractivity contribution in [3.8, 4) is 11.5 Å². The van der Waals surface area contributed by atoms with Gasteiger partial charge in [-0.1, -0.05) is 0 Å². The van der Waals surface area contributed by atoms with Crippen LogP contribution in [-0.2, 0) is 9.59 Å². The molecule has 1 atom stereocenters. The van der Waals surface area contributed by atoms with Crippen LogP contribution in [-0.4, -0.2) is 43.8 Å². The number of benzene rings is 1. The summed E-state index contributed by atoms with van der Waals surface area (Å²) in [5.41, 5.74) is 5.79. The van der Waals surface area contributed by atoms with E-state index in [4.69, 9.17) is 9.47 Å². The maximum absolute atomic E-state index is 12.0. The lowest BCUT2D eigenvalue weighted by molar-refractivity contribution is -0.122. The summed E-state index contributed by atoms with van der Waals surface area (Å²) >= 11 is 1.26. The summed E-state index contributed by atoms with van der Waals surface area (Å²) in [6.07, 6.45) is 0. The SMILES string of the molecule is COc1ccc(OC)c(NC(=O)CSC2NNCC(=O)N2)c1. The smallest absolute Gasteiger partial charge is 0.237 e. The van der Waals surface area contributed by atoms with Gasteiger partial charge in [-0.2, -0.15) is 0 Å². The van der Waals surface area contributed by atoms with Gasteiger partial charge in [0.2, 0.25) is 11.8 Å². The molecule has 2 amide bonds. The second-order valence-corrected chi connectivity index (χ2v) is 5.46. The summed E-state index contributed by atoms with van der Waals surface area (Å²) in [6.45, 7) is 0.213. The normalized spacial score (nSPS) is 17.5. The monoisotopic (exact) mass is 326 g/mol. The molecule has 0 radical (unpaired) electrons. The van der Waals surface area contributed by atoms with E-state index in [9.17, 15) is 9.59 Å². The topological polar surface area (TPSA) is 101 Å². The minimum Gasteiger partial charge on any atom is -0.497 e. The Morgan fingerprint density at radius 1 is 1.41 bits per heavy atom. The number of hydrazine groups is 1. The Kier molecular flexibility index (Phi) is 5.87. The van der Waals surface area contributed by atoms with Gasteiger partial charge in [-0.15, -0.1) is 11.8 Å². The van der Waals surface area contributed by atoms with E-state index in [1.807, 2.05) is 0 Å². The zero-order valence-corrected chi connectivity index (χ0v) is 13.1. The average Bonchev–Trinajstić information content (AvgIpc) is 2.53. The van der Waals surface area contributed by atoms with E-state index in [2.05, 4.69) is 21.5 Å². The fraction of sp³-hybridized carbons (Fsp3) is 0.385. The standard InChI is InChI=1S/C13H18N4O4S/c1-20-8-3-4-10(21-2)9(5-8)15-12(19)7-22-13-16-11(18)6-14-17-13/h3-5,13-14,17H,6-7H2,1-2H3,(H,15,19)(H,16,18). The fourth-order valence-corrected chi connectivity index (χ4v) is 2.57. The molecule has 0 aliphatic carbocycles. The van der Waals surface area contributed by atoms with E-state index in [0.29, 0.717) is 17.2 Å². The Hall–Kier alpha value is -1.97. The largest absolute Gasteiger partial charge is 0.497 e. The molecule has 0 saturated carbocycles. The van der Waals surface area contributed by atoms with Crippen LogP contribution in [0.15, 0.2) is 18.2 Å². The molecule has 1 unspecified atom stereocenters. The zero-order valence-electron chi connectivity index (χ0n) is 12.3. The summed E-state index contributed by atoms with van der Waals surface area (Å²) in [5.74, 6) is 1.00. The fourth-order valence-electron chi connectivity index (χ4n) is 1.80. The molecule has 0 bridgehead atoms. The molecule has 1 aliphatic rings. The first-order valence-electron chi connectivity index (χ1n) is 6.53. The predicted octanol–water partition coefficient (Wildman–Crippen LogP) is -0.117. The van der Waals surface area contributed by atoms with Crippen molar-refractivity contribution in [3.63, 3.8) is 0 Å². The van der Waals surface area contributed by atoms with E-state index in [1.165, 1.54) is 18.9 Å². The zero-order chi connectivity index (χ0) is 15.9. The van der Waals surface area contributed by atoms with Crippen LogP contribution in [0.1, 0.15) is 0 Å². The molecule has 4 N–H and O–H groups in total. The first-order chi connectivity index (χ1) is 10.6. The van der Waals surface area contributed by atoms with Gasteiger partial charge in [-0.25, -0.2) is 10.9 Å². The van der Waals surface area contributed by atoms with Crippen LogP contribution in [0.5, 0.6) is 11.5 Å². The first-order valence-corrected chi connectivity index (χ1v) is 7.58. The number of thioether (sulfide) groups is 1. The van der Waals surface area contributed by atoms with Crippen molar-refractivity contribution in [1.29, 1.82) is 0 Å². The van der Waals surface area contributed by atoms with Crippen molar-refractivity contribution >= 4 is 29.3 Å². The number of amides is 2. The second kappa shape index (κ2) is 7.87. The first kappa shape index (κ1) is 16.4. The molecule has 1 fully saturated rings. The highest BCUT2D eigenvalue weighted by Crippen LogP contribution is 2.29. The number of hydrogen-bond donors (Lipinski definition) is 4. The summed E-state index contributed by atoms with van der Waals surface area (Å²) in [6, 6.07) is 5.15. The molecule has 1 aromatic carbocycles. The van der Waals surface area contributed by atoms with Gasteiger partial charge < -0.3 is 20.1 Å². The Balaban J connectivity index is 1.89. The van der Waals surface area contributed by atoms with Gasteiger partial charge in [0, 0.05) is 6.07 Å². The van der Waals surface area contributed by atoms with Gasteiger partial charge in [0.1, 0.15) is 17.0 Å². The lowest BCUT2D eigenvalue weighted by Gasteiger charge is -2.24. The number of carbonyl (C=O) groups excluding carboxylic acids is 2. The lowest BCUT2D eigenvalue weighted by Crippen LogP contribution is -2.58.